The lowest BCUT2D eigenvalue weighted by atomic mass is 10.3. The van der Waals surface area contributed by atoms with Crippen LogP contribution >= 0.6 is 23.2 Å². The van der Waals surface area contributed by atoms with Crippen molar-refractivity contribution in [2.45, 2.75) is 0 Å². The van der Waals surface area contributed by atoms with Gasteiger partial charge in [-0.1, -0.05) is 29.3 Å². The Balaban J connectivity index is 2.10. The Hall–Kier alpha value is -2.11. The van der Waals surface area contributed by atoms with E-state index in [0.717, 1.165) is 0 Å². The van der Waals surface area contributed by atoms with Crippen LogP contribution in [0.15, 0.2) is 43.0 Å². The highest BCUT2D eigenvalue weighted by atomic mass is 35.5. The number of carbonyl (C=O) groups is 1. The molecule has 0 saturated carbocycles. The number of nitrogens with zero attached hydrogens (tertiary/aromatic N) is 2. The first-order valence-electron chi connectivity index (χ1n) is 6.05. The molecule has 2 aromatic rings. The molecular weight excluding hydrogens is 311 g/mol. The van der Waals surface area contributed by atoms with Gasteiger partial charge >= 0.3 is 0 Å². The smallest absolute Gasteiger partial charge is 0.272 e. The Bertz CT molecular complexity index is 659. The highest BCUT2D eigenvalue weighted by Gasteiger charge is 2.08. The molecule has 108 valence electrons. The van der Waals surface area contributed by atoms with Gasteiger partial charge in [0.2, 0.25) is 0 Å². The van der Waals surface area contributed by atoms with E-state index in [4.69, 9.17) is 23.2 Å². The van der Waals surface area contributed by atoms with Gasteiger partial charge in [-0.3, -0.25) is 4.79 Å². The summed E-state index contributed by atoms with van der Waals surface area (Å²) in [5.74, 6) is 0.147. The van der Waals surface area contributed by atoms with E-state index in [2.05, 4.69) is 27.4 Å². The summed E-state index contributed by atoms with van der Waals surface area (Å²) in [4.78, 5) is 11.7. The summed E-state index contributed by atoms with van der Waals surface area (Å²) in [6.45, 7) is 3.89. The van der Waals surface area contributed by atoms with Crippen LogP contribution in [0, 0.1) is 0 Å². The molecule has 21 heavy (non-hydrogen) atoms. The van der Waals surface area contributed by atoms with Crippen LogP contribution in [-0.2, 0) is 0 Å². The summed E-state index contributed by atoms with van der Waals surface area (Å²) < 4.78 is 0. The molecule has 0 aliphatic rings. The van der Waals surface area contributed by atoms with Crippen LogP contribution in [0.5, 0.6) is 0 Å². The summed E-state index contributed by atoms with van der Waals surface area (Å²) >= 11 is 11.9. The molecule has 0 radical (unpaired) electrons. The lowest BCUT2D eigenvalue weighted by molar-refractivity contribution is 0.0952. The monoisotopic (exact) mass is 322 g/mol. The topological polar surface area (TPSA) is 66.9 Å². The lowest BCUT2D eigenvalue weighted by Gasteiger charge is -2.08. The van der Waals surface area contributed by atoms with Gasteiger partial charge in [0.05, 0.1) is 10.7 Å². The molecule has 2 rings (SSSR count). The molecule has 0 unspecified atom stereocenters. The lowest BCUT2D eigenvalue weighted by Crippen LogP contribution is -2.24. The quantitative estimate of drug-likeness (QED) is 0.827. The largest absolute Gasteiger partial charge is 0.347 e. The van der Waals surface area contributed by atoms with Crippen LogP contribution in [0.1, 0.15) is 10.5 Å². The zero-order chi connectivity index (χ0) is 15.2. The summed E-state index contributed by atoms with van der Waals surface area (Å²) in [7, 11) is 0. The average Bonchev–Trinajstić information content (AvgIpc) is 2.49. The second kappa shape index (κ2) is 7.06. The Morgan fingerprint density at radius 3 is 2.71 bits per heavy atom. The van der Waals surface area contributed by atoms with Crippen molar-refractivity contribution in [3.05, 3.63) is 58.7 Å². The third-order valence-electron chi connectivity index (χ3n) is 2.50. The number of nitrogens with one attached hydrogen (secondary N) is 2. The molecule has 0 atom stereocenters. The van der Waals surface area contributed by atoms with Gasteiger partial charge in [-0.2, -0.15) is 0 Å². The van der Waals surface area contributed by atoms with E-state index in [0.29, 0.717) is 28.1 Å². The van der Waals surface area contributed by atoms with E-state index in [-0.39, 0.29) is 11.6 Å². The molecule has 1 heterocycles. The fourth-order valence-corrected chi connectivity index (χ4v) is 1.84. The van der Waals surface area contributed by atoms with Gasteiger partial charge in [0.25, 0.3) is 5.91 Å². The zero-order valence-corrected chi connectivity index (χ0v) is 12.4. The van der Waals surface area contributed by atoms with E-state index in [1.54, 1.807) is 36.4 Å². The van der Waals surface area contributed by atoms with Crippen molar-refractivity contribution in [2.24, 2.45) is 0 Å². The van der Waals surface area contributed by atoms with Crippen LogP contribution in [0.25, 0.3) is 0 Å². The van der Waals surface area contributed by atoms with Gasteiger partial charge < -0.3 is 10.6 Å². The van der Waals surface area contributed by atoms with E-state index >= 15 is 0 Å². The highest BCUT2D eigenvalue weighted by Crippen LogP contribution is 2.27. The van der Waals surface area contributed by atoms with Gasteiger partial charge in [-0.15, -0.1) is 16.8 Å². The normalized spacial score (nSPS) is 10.0. The number of anilines is 2. The van der Waals surface area contributed by atoms with Gasteiger partial charge in [-0.05, 0) is 30.3 Å². The Morgan fingerprint density at radius 2 is 2.05 bits per heavy atom. The Kier molecular flexibility index (Phi) is 5.14. The molecule has 0 aliphatic carbocycles. The molecule has 7 heteroatoms. The molecule has 1 aromatic carbocycles. The standard InChI is InChI=1S/C14H12Cl2N4O/c1-2-7-17-14(21)11-5-6-13(20-19-11)18-12-8-9(15)3-4-10(12)16/h2-6,8H,1,7H2,(H,17,21)(H,18,20). The maximum atomic E-state index is 11.7. The predicted molar refractivity (Wildman–Crippen MR) is 84.3 cm³/mol. The van der Waals surface area contributed by atoms with E-state index in [9.17, 15) is 4.79 Å². The minimum absolute atomic E-state index is 0.222. The van der Waals surface area contributed by atoms with E-state index < -0.39 is 0 Å². The Labute approximate surface area is 132 Å². The number of hydrogen-bond acceptors (Lipinski definition) is 4. The van der Waals surface area contributed by atoms with Crippen molar-refractivity contribution >= 4 is 40.6 Å². The maximum absolute atomic E-state index is 11.7. The SMILES string of the molecule is C=CCNC(=O)c1ccc(Nc2cc(Cl)ccc2Cl)nn1. The van der Waals surface area contributed by atoms with Crippen molar-refractivity contribution in [1.29, 1.82) is 0 Å². The van der Waals surface area contributed by atoms with Crippen LogP contribution in [0.3, 0.4) is 0 Å². The number of amides is 1. The van der Waals surface area contributed by atoms with Crippen molar-refractivity contribution in [3.63, 3.8) is 0 Å². The first-order chi connectivity index (χ1) is 10.1. The molecule has 5 nitrogen and oxygen atoms in total. The fourth-order valence-electron chi connectivity index (χ4n) is 1.51. The fraction of sp³-hybridized carbons (Fsp3) is 0.0714. The van der Waals surface area contributed by atoms with Gasteiger partial charge in [0, 0.05) is 11.6 Å². The number of carbonyl (C=O) groups excluding carboxylic acids is 1. The number of rotatable bonds is 5. The molecule has 0 bridgehead atoms. The molecular formula is C14H12Cl2N4O. The first-order valence-corrected chi connectivity index (χ1v) is 6.80. The average molecular weight is 323 g/mol. The summed E-state index contributed by atoms with van der Waals surface area (Å²) in [5.41, 5.74) is 0.835. The minimum atomic E-state index is -0.310. The first kappa shape index (κ1) is 15.3. The van der Waals surface area contributed by atoms with Crippen molar-refractivity contribution in [1.82, 2.24) is 15.5 Å². The molecule has 1 aromatic heterocycles. The van der Waals surface area contributed by atoms with E-state index in [1.807, 2.05) is 0 Å². The highest BCUT2D eigenvalue weighted by molar-refractivity contribution is 6.35. The molecule has 0 spiro atoms. The van der Waals surface area contributed by atoms with Crippen molar-refractivity contribution in [3.8, 4) is 0 Å². The third kappa shape index (κ3) is 4.18. The van der Waals surface area contributed by atoms with Crippen LogP contribution < -0.4 is 10.6 Å². The molecule has 0 saturated heterocycles. The van der Waals surface area contributed by atoms with Crippen LogP contribution in [-0.4, -0.2) is 22.6 Å². The molecule has 2 N–H and O–H groups in total. The van der Waals surface area contributed by atoms with Crippen LogP contribution in [0.4, 0.5) is 11.5 Å². The summed E-state index contributed by atoms with van der Waals surface area (Å²) in [6, 6.07) is 8.24. The molecule has 1 amide bonds. The second-order valence-electron chi connectivity index (χ2n) is 4.05. The van der Waals surface area contributed by atoms with Crippen LogP contribution in [0.2, 0.25) is 10.0 Å². The number of hydrogen-bond donors (Lipinski definition) is 2. The summed E-state index contributed by atoms with van der Waals surface area (Å²) in [6.07, 6.45) is 1.59. The Morgan fingerprint density at radius 1 is 1.24 bits per heavy atom. The second-order valence-corrected chi connectivity index (χ2v) is 4.90. The van der Waals surface area contributed by atoms with Gasteiger partial charge in [-0.25, -0.2) is 0 Å². The number of aromatic nitrogens is 2. The van der Waals surface area contributed by atoms with Crippen molar-refractivity contribution in [2.75, 3.05) is 11.9 Å². The number of halogens is 2. The summed E-state index contributed by atoms with van der Waals surface area (Å²) in [5, 5.41) is 14.4. The van der Waals surface area contributed by atoms with Gasteiger partial charge in [0.15, 0.2) is 11.5 Å². The minimum Gasteiger partial charge on any atom is -0.347 e. The van der Waals surface area contributed by atoms with Gasteiger partial charge in [0.1, 0.15) is 0 Å². The van der Waals surface area contributed by atoms with Crippen molar-refractivity contribution < 1.29 is 4.79 Å². The predicted octanol–water partition coefficient (Wildman–Crippen LogP) is 3.44. The van der Waals surface area contributed by atoms with E-state index in [1.165, 1.54) is 0 Å². The third-order valence-corrected chi connectivity index (χ3v) is 3.06. The molecule has 0 aliphatic heterocycles. The molecule has 0 fully saturated rings. The zero-order valence-electron chi connectivity index (χ0n) is 10.9. The maximum Gasteiger partial charge on any atom is 0.272 e. The number of benzene rings is 1.